The lowest BCUT2D eigenvalue weighted by atomic mass is 9.92. The fourth-order valence-electron chi connectivity index (χ4n) is 3.05. The maximum Gasteiger partial charge on any atom is 0.192 e. The fourth-order valence-corrected chi connectivity index (χ4v) is 3.05. The molecule has 0 spiro atoms. The Bertz CT molecular complexity index is 960. The molecule has 0 aliphatic carbocycles. The molecule has 3 aromatic rings. The third-order valence-electron chi connectivity index (χ3n) is 4.34. The van der Waals surface area contributed by atoms with Gasteiger partial charge in [0.15, 0.2) is 5.43 Å². The Hall–Kier alpha value is -2.95. The summed E-state index contributed by atoms with van der Waals surface area (Å²) in [7, 11) is 1.64. The van der Waals surface area contributed by atoms with Crippen molar-refractivity contribution in [1.29, 1.82) is 0 Å². The lowest BCUT2D eigenvalue weighted by Gasteiger charge is -2.16. The Labute approximate surface area is 138 Å². The van der Waals surface area contributed by atoms with E-state index in [1.54, 1.807) is 19.2 Å². The first kappa shape index (κ1) is 14.6. The predicted molar refractivity (Wildman–Crippen MR) is 90.7 cm³/mol. The van der Waals surface area contributed by atoms with E-state index in [4.69, 9.17) is 9.15 Å². The number of fused-ring (bicyclic) bond motifs is 1. The van der Waals surface area contributed by atoms with E-state index in [2.05, 4.69) is 10.2 Å². The van der Waals surface area contributed by atoms with Gasteiger partial charge in [0.2, 0.25) is 0 Å². The van der Waals surface area contributed by atoms with Gasteiger partial charge in [0.05, 0.1) is 25.0 Å². The number of rotatable bonds is 3. The van der Waals surface area contributed by atoms with E-state index in [1.165, 1.54) is 0 Å². The summed E-state index contributed by atoms with van der Waals surface area (Å²) in [6.45, 7) is 0.512. The summed E-state index contributed by atoms with van der Waals surface area (Å²) >= 11 is 0. The average Bonchev–Trinajstić information content (AvgIpc) is 3.11. The number of methoxy groups -OCH3 is 1. The van der Waals surface area contributed by atoms with Gasteiger partial charge in [0, 0.05) is 6.07 Å². The number of azo groups is 1. The van der Waals surface area contributed by atoms with Crippen molar-refractivity contribution in [3.05, 3.63) is 76.1 Å². The van der Waals surface area contributed by atoms with Crippen LogP contribution in [0.25, 0.3) is 11.0 Å². The summed E-state index contributed by atoms with van der Waals surface area (Å²) in [6.07, 6.45) is 0. The lowest BCUT2D eigenvalue weighted by Crippen LogP contribution is -2.11. The van der Waals surface area contributed by atoms with E-state index in [9.17, 15) is 4.79 Å². The van der Waals surface area contributed by atoms with Crippen LogP contribution in [0.2, 0.25) is 0 Å². The second-order valence-electron chi connectivity index (χ2n) is 5.77. The van der Waals surface area contributed by atoms with Crippen LogP contribution in [-0.4, -0.2) is 13.7 Å². The molecule has 1 aromatic heterocycles. The Balaban J connectivity index is 1.74. The molecule has 0 saturated carbocycles. The highest BCUT2D eigenvalue weighted by atomic mass is 16.5. The quantitative estimate of drug-likeness (QED) is 0.730. The second kappa shape index (κ2) is 5.92. The van der Waals surface area contributed by atoms with Gasteiger partial charge in [0.1, 0.15) is 23.1 Å². The minimum Gasteiger partial charge on any atom is -0.497 e. The third-order valence-corrected chi connectivity index (χ3v) is 4.34. The molecule has 0 saturated heterocycles. The summed E-state index contributed by atoms with van der Waals surface area (Å²) in [5, 5.41) is 9.13. The van der Waals surface area contributed by atoms with Gasteiger partial charge in [-0.15, -0.1) is 0 Å². The zero-order valence-corrected chi connectivity index (χ0v) is 13.2. The normalized spacial score (nSPS) is 19.7. The van der Waals surface area contributed by atoms with E-state index in [0.717, 1.165) is 11.3 Å². The molecule has 5 nitrogen and oxygen atoms in total. The third kappa shape index (κ3) is 2.48. The Morgan fingerprint density at radius 2 is 1.92 bits per heavy atom. The van der Waals surface area contributed by atoms with Crippen LogP contribution in [-0.2, 0) is 0 Å². The molecule has 0 N–H and O–H groups in total. The van der Waals surface area contributed by atoms with E-state index in [-0.39, 0.29) is 17.4 Å². The van der Waals surface area contributed by atoms with Gasteiger partial charge in [-0.2, -0.15) is 10.2 Å². The van der Waals surface area contributed by atoms with Crippen molar-refractivity contribution in [3.63, 3.8) is 0 Å². The minimum absolute atomic E-state index is 0.0350. The van der Waals surface area contributed by atoms with Gasteiger partial charge in [-0.05, 0) is 29.8 Å². The number of para-hydroxylation sites is 1. The molecule has 0 fully saturated rings. The number of benzene rings is 2. The maximum atomic E-state index is 12.3. The van der Waals surface area contributed by atoms with Crippen LogP contribution < -0.4 is 10.2 Å². The Kier molecular flexibility index (Phi) is 3.61. The summed E-state index contributed by atoms with van der Waals surface area (Å²) < 4.78 is 11.2. The van der Waals surface area contributed by atoms with Crippen LogP contribution in [0.5, 0.6) is 5.75 Å². The smallest absolute Gasteiger partial charge is 0.192 e. The van der Waals surface area contributed by atoms with Gasteiger partial charge in [0.25, 0.3) is 0 Å². The molecule has 2 atom stereocenters. The Morgan fingerprint density at radius 3 is 2.71 bits per heavy atom. The first-order chi connectivity index (χ1) is 11.8. The van der Waals surface area contributed by atoms with Crippen molar-refractivity contribution in [2.45, 2.75) is 12.0 Å². The standard InChI is InChI=1S/C19H16N2O3/c1-23-13-8-6-12(7-9-13)19-15(11-20-21-19)18-10-16(22)14-4-2-3-5-17(14)24-18/h2-10,15,19H,11H2,1H3/t15-,19-/m1/s1. The first-order valence-electron chi connectivity index (χ1n) is 7.79. The van der Waals surface area contributed by atoms with Gasteiger partial charge in [-0.25, -0.2) is 0 Å². The molecule has 5 heteroatoms. The average molecular weight is 320 g/mol. The first-order valence-corrected chi connectivity index (χ1v) is 7.79. The van der Waals surface area contributed by atoms with E-state index >= 15 is 0 Å². The zero-order valence-electron chi connectivity index (χ0n) is 13.2. The summed E-state index contributed by atoms with van der Waals surface area (Å²) in [6, 6.07) is 16.4. The van der Waals surface area contributed by atoms with Crippen LogP contribution in [0.3, 0.4) is 0 Å². The lowest BCUT2D eigenvalue weighted by molar-refractivity contribution is 0.414. The molecular formula is C19H16N2O3. The van der Waals surface area contributed by atoms with E-state index in [1.807, 2.05) is 42.5 Å². The number of nitrogens with zero attached hydrogens (tertiary/aromatic N) is 2. The van der Waals surface area contributed by atoms with Crippen molar-refractivity contribution in [2.24, 2.45) is 10.2 Å². The number of ether oxygens (including phenoxy) is 1. The van der Waals surface area contributed by atoms with Gasteiger partial charge >= 0.3 is 0 Å². The van der Waals surface area contributed by atoms with Gasteiger partial charge in [-0.3, -0.25) is 4.79 Å². The highest BCUT2D eigenvalue weighted by Gasteiger charge is 2.31. The van der Waals surface area contributed by atoms with Gasteiger partial charge < -0.3 is 9.15 Å². The van der Waals surface area contributed by atoms with E-state index < -0.39 is 0 Å². The molecule has 1 aliphatic rings. The van der Waals surface area contributed by atoms with Crippen molar-refractivity contribution in [1.82, 2.24) is 0 Å². The minimum atomic E-state index is -0.153. The zero-order chi connectivity index (χ0) is 16.5. The summed E-state index contributed by atoms with van der Waals surface area (Å²) in [4.78, 5) is 12.3. The monoisotopic (exact) mass is 320 g/mol. The molecule has 2 aromatic carbocycles. The number of hydrogen-bond donors (Lipinski definition) is 0. The molecule has 0 unspecified atom stereocenters. The molecule has 2 heterocycles. The molecular weight excluding hydrogens is 304 g/mol. The second-order valence-corrected chi connectivity index (χ2v) is 5.77. The van der Waals surface area contributed by atoms with Crippen LogP contribution in [0.1, 0.15) is 23.3 Å². The van der Waals surface area contributed by atoms with Crippen molar-refractivity contribution >= 4 is 11.0 Å². The van der Waals surface area contributed by atoms with Crippen LogP contribution in [0.15, 0.2) is 74.0 Å². The van der Waals surface area contributed by atoms with Crippen LogP contribution in [0.4, 0.5) is 0 Å². The maximum absolute atomic E-state index is 12.3. The highest BCUT2D eigenvalue weighted by Crippen LogP contribution is 2.39. The summed E-state index contributed by atoms with van der Waals surface area (Å²) in [5.74, 6) is 1.35. The van der Waals surface area contributed by atoms with Crippen molar-refractivity contribution in [3.8, 4) is 5.75 Å². The Morgan fingerprint density at radius 1 is 1.12 bits per heavy atom. The molecule has 24 heavy (non-hydrogen) atoms. The predicted octanol–water partition coefficient (Wildman–Crippen LogP) is 4.09. The SMILES string of the molecule is COc1ccc([C@H]2N=NC[C@@H]2c2cc(=O)c3ccccc3o2)cc1. The number of hydrogen-bond acceptors (Lipinski definition) is 5. The van der Waals surface area contributed by atoms with Crippen LogP contribution >= 0.6 is 0 Å². The van der Waals surface area contributed by atoms with E-state index in [0.29, 0.717) is 23.3 Å². The van der Waals surface area contributed by atoms with Crippen LogP contribution in [0, 0.1) is 0 Å². The molecule has 0 bridgehead atoms. The highest BCUT2D eigenvalue weighted by molar-refractivity contribution is 5.76. The molecule has 4 rings (SSSR count). The molecule has 120 valence electrons. The summed E-state index contributed by atoms with van der Waals surface area (Å²) in [5.41, 5.74) is 1.59. The molecule has 1 aliphatic heterocycles. The van der Waals surface area contributed by atoms with Crippen molar-refractivity contribution in [2.75, 3.05) is 13.7 Å². The largest absolute Gasteiger partial charge is 0.497 e. The molecule has 0 radical (unpaired) electrons. The topological polar surface area (TPSA) is 64.2 Å². The van der Waals surface area contributed by atoms with Crippen molar-refractivity contribution < 1.29 is 9.15 Å². The fraction of sp³-hybridized carbons (Fsp3) is 0.211. The van der Waals surface area contributed by atoms with Gasteiger partial charge in [-0.1, -0.05) is 24.3 Å². The molecule has 0 amide bonds.